The average molecular weight is 372 g/mol. The van der Waals surface area contributed by atoms with E-state index in [2.05, 4.69) is 10.6 Å². The van der Waals surface area contributed by atoms with Crippen LogP contribution in [0, 0.1) is 0 Å². The Balaban J connectivity index is 1.59. The summed E-state index contributed by atoms with van der Waals surface area (Å²) in [6.45, 7) is 0. The fourth-order valence-electron chi connectivity index (χ4n) is 3.39. The van der Waals surface area contributed by atoms with Crippen molar-refractivity contribution in [1.29, 1.82) is 0 Å². The highest BCUT2D eigenvalue weighted by molar-refractivity contribution is 5.99. The van der Waals surface area contributed by atoms with E-state index in [1.54, 1.807) is 7.05 Å². The largest absolute Gasteiger partial charge is 0.457 e. The Hall–Kier alpha value is -3.60. The number of nitrogens with one attached hydrogen (secondary N) is 2. The molecular formula is C23H20N2O3. The summed E-state index contributed by atoms with van der Waals surface area (Å²) in [5.41, 5.74) is 3.26. The van der Waals surface area contributed by atoms with Crippen LogP contribution in [0.5, 0.6) is 11.5 Å². The number of ether oxygens (including phenoxy) is 1. The van der Waals surface area contributed by atoms with Crippen LogP contribution in [0.1, 0.15) is 22.6 Å². The minimum absolute atomic E-state index is 0.0489. The van der Waals surface area contributed by atoms with Crippen molar-refractivity contribution in [2.24, 2.45) is 0 Å². The summed E-state index contributed by atoms with van der Waals surface area (Å²) in [5.74, 6) is 0.769. The molecule has 0 aromatic heterocycles. The third-order valence-corrected chi connectivity index (χ3v) is 4.81. The number of carbonyl (C=O) groups excluding carboxylic acids is 2. The van der Waals surface area contributed by atoms with E-state index in [4.69, 9.17) is 4.74 Å². The van der Waals surface area contributed by atoms with E-state index in [-0.39, 0.29) is 11.8 Å². The van der Waals surface area contributed by atoms with Crippen molar-refractivity contribution in [2.45, 2.75) is 12.3 Å². The molecule has 1 aliphatic heterocycles. The Morgan fingerprint density at radius 3 is 2.00 bits per heavy atom. The Morgan fingerprint density at radius 2 is 1.43 bits per heavy atom. The first kappa shape index (κ1) is 17.8. The summed E-state index contributed by atoms with van der Waals surface area (Å²) >= 11 is 0. The first-order valence-electron chi connectivity index (χ1n) is 9.12. The summed E-state index contributed by atoms with van der Waals surface area (Å²) in [6, 6.07) is 22.5. The van der Waals surface area contributed by atoms with Gasteiger partial charge >= 0.3 is 0 Å². The van der Waals surface area contributed by atoms with E-state index in [0.29, 0.717) is 23.6 Å². The van der Waals surface area contributed by atoms with Crippen LogP contribution in [-0.4, -0.2) is 18.9 Å². The van der Waals surface area contributed by atoms with E-state index in [1.165, 1.54) is 0 Å². The van der Waals surface area contributed by atoms with Gasteiger partial charge in [0.05, 0.1) is 12.3 Å². The van der Waals surface area contributed by atoms with Crippen LogP contribution in [-0.2, 0) is 16.0 Å². The average Bonchev–Trinajstić information content (AvgIpc) is 2.73. The normalized spacial score (nSPS) is 12.3. The fourth-order valence-corrected chi connectivity index (χ4v) is 3.39. The molecule has 5 heteroatoms. The lowest BCUT2D eigenvalue weighted by Crippen LogP contribution is -2.25. The number of hydrogen-bond donors (Lipinski definition) is 2. The number of amides is 2. The SMILES string of the molecule is CNC(=O)Cc1ccc(NC(=O)C2c3ccccc3Oc3ccccc32)cc1. The van der Waals surface area contributed by atoms with Crippen molar-refractivity contribution < 1.29 is 14.3 Å². The van der Waals surface area contributed by atoms with Gasteiger partial charge in [-0.15, -0.1) is 0 Å². The predicted octanol–water partition coefficient (Wildman–Crippen LogP) is 3.85. The first-order chi connectivity index (χ1) is 13.7. The number of hydrogen-bond acceptors (Lipinski definition) is 3. The molecule has 28 heavy (non-hydrogen) atoms. The molecule has 0 unspecified atom stereocenters. The second-order valence-electron chi connectivity index (χ2n) is 6.65. The third-order valence-electron chi connectivity index (χ3n) is 4.81. The highest BCUT2D eigenvalue weighted by Crippen LogP contribution is 2.44. The molecule has 0 saturated carbocycles. The molecule has 0 spiro atoms. The van der Waals surface area contributed by atoms with E-state index in [9.17, 15) is 9.59 Å². The number of fused-ring (bicyclic) bond motifs is 2. The Kier molecular flexibility index (Phi) is 4.81. The van der Waals surface area contributed by atoms with Crippen LogP contribution >= 0.6 is 0 Å². The van der Waals surface area contributed by atoms with Gasteiger partial charge in [-0.1, -0.05) is 48.5 Å². The number of anilines is 1. The topological polar surface area (TPSA) is 67.4 Å². The molecule has 1 aliphatic rings. The molecule has 0 fully saturated rings. The smallest absolute Gasteiger partial charge is 0.236 e. The fraction of sp³-hybridized carbons (Fsp3) is 0.130. The first-order valence-corrected chi connectivity index (χ1v) is 9.12. The molecule has 0 aliphatic carbocycles. The van der Waals surface area contributed by atoms with Gasteiger partial charge in [0.15, 0.2) is 0 Å². The molecule has 140 valence electrons. The molecule has 3 aromatic rings. The van der Waals surface area contributed by atoms with Crippen LogP contribution in [0.15, 0.2) is 72.8 Å². The zero-order valence-electron chi connectivity index (χ0n) is 15.4. The van der Waals surface area contributed by atoms with Crippen molar-refractivity contribution in [1.82, 2.24) is 5.32 Å². The number of likely N-dealkylation sites (N-methyl/N-ethyl adjacent to an activating group) is 1. The lowest BCUT2D eigenvalue weighted by atomic mass is 9.87. The van der Waals surface area contributed by atoms with Crippen LogP contribution in [0.4, 0.5) is 5.69 Å². The van der Waals surface area contributed by atoms with Crippen molar-refractivity contribution in [3.05, 3.63) is 89.5 Å². The van der Waals surface area contributed by atoms with Gasteiger partial charge in [-0.3, -0.25) is 9.59 Å². The number of benzene rings is 3. The van der Waals surface area contributed by atoms with Crippen molar-refractivity contribution in [3.63, 3.8) is 0 Å². The lowest BCUT2D eigenvalue weighted by molar-refractivity contribution is -0.120. The van der Waals surface area contributed by atoms with Crippen LogP contribution < -0.4 is 15.4 Å². The maximum atomic E-state index is 13.2. The summed E-state index contributed by atoms with van der Waals surface area (Å²) < 4.78 is 5.95. The highest BCUT2D eigenvalue weighted by atomic mass is 16.5. The lowest BCUT2D eigenvalue weighted by Gasteiger charge is -2.27. The molecule has 2 amide bonds. The van der Waals surface area contributed by atoms with Crippen LogP contribution in [0.25, 0.3) is 0 Å². The van der Waals surface area contributed by atoms with Crippen LogP contribution in [0.2, 0.25) is 0 Å². The molecule has 0 atom stereocenters. The molecule has 0 saturated heterocycles. The van der Waals surface area contributed by atoms with E-state index in [1.807, 2.05) is 72.8 Å². The standard InChI is InChI=1S/C23H20N2O3/c1-24-21(26)14-15-10-12-16(13-11-15)25-23(27)22-17-6-2-4-8-19(17)28-20-9-5-3-7-18(20)22/h2-13,22H,14H2,1H3,(H,24,26)(H,25,27). The molecule has 2 N–H and O–H groups in total. The second kappa shape index (κ2) is 7.56. The molecule has 3 aromatic carbocycles. The third kappa shape index (κ3) is 3.47. The van der Waals surface area contributed by atoms with E-state index in [0.717, 1.165) is 16.7 Å². The minimum atomic E-state index is -0.452. The highest BCUT2D eigenvalue weighted by Gasteiger charge is 2.32. The van der Waals surface area contributed by atoms with Crippen molar-refractivity contribution in [3.8, 4) is 11.5 Å². The number of carbonyl (C=O) groups is 2. The molecule has 1 heterocycles. The van der Waals surface area contributed by atoms with Gasteiger partial charge in [0.25, 0.3) is 0 Å². The number of para-hydroxylation sites is 2. The predicted molar refractivity (Wildman–Crippen MR) is 108 cm³/mol. The van der Waals surface area contributed by atoms with Gasteiger partial charge in [0, 0.05) is 23.9 Å². The zero-order chi connectivity index (χ0) is 19.5. The van der Waals surface area contributed by atoms with Gasteiger partial charge in [-0.25, -0.2) is 0 Å². The molecule has 0 radical (unpaired) electrons. The number of rotatable bonds is 4. The minimum Gasteiger partial charge on any atom is -0.457 e. The van der Waals surface area contributed by atoms with Crippen molar-refractivity contribution >= 4 is 17.5 Å². The van der Waals surface area contributed by atoms with Gasteiger partial charge in [-0.2, -0.15) is 0 Å². The molecule has 5 nitrogen and oxygen atoms in total. The summed E-state index contributed by atoms with van der Waals surface area (Å²) in [7, 11) is 1.61. The maximum absolute atomic E-state index is 13.2. The second-order valence-corrected chi connectivity index (χ2v) is 6.65. The summed E-state index contributed by atoms with van der Waals surface area (Å²) in [5, 5.41) is 5.59. The Morgan fingerprint density at radius 1 is 0.857 bits per heavy atom. The monoisotopic (exact) mass is 372 g/mol. The maximum Gasteiger partial charge on any atom is 0.236 e. The van der Waals surface area contributed by atoms with Crippen molar-refractivity contribution in [2.75, 3.05) is 12.4 Å². The van der Waals surface area contributed by atoms with Crippen LogP contribution in [0.3, 0.4) is 0 Å². The summed E-state index contributed by atoms with van der Waals surface area (Å²) in [6.07, 6.45) is 0.311. The van der Waals surface area contributed by atoms with Gasteiger partial charge in [0.1, 0.15) is 11.5 Å². The zero-order valence-corrected chi connectivity index (χ0v) is 15.4. The van der Waals surface area contributed by atoms with Gasteiger partial charge < -0.3 is 15.4 Å². The van der Waals surface area contributed by atoms with Gasteiger partial charge in [-0.05, 0) is 29.8 Å². The van der Waals surface area contributed by atoms with Gasteiger partial charge in [0.2, 0.25) is 11.8 Å². The van der Waals surface area contributed by atoms with E-state index < -0.39 is 5.92 Å². The summed E-state index contributed by atoms with van der Waals surface area (Å²) in [4.78, 5) is 24.7. The Labute approximate surface area is 163 Å². The molecule has 4 rings (SSSR count). The Bertz CT molecular complexity index is 983. The molecule has 0 bridgehead atoms. The quantitative estimate of drug-likeness (QED) is 0.731. The molecular weight excluding hydrogens is 352 g/mol. The van der Waals surface area contributed by atoms with E-state index >= 15 is 0 Å².